The van der Waals surface area contributed by atoms with Crippen LogP contribution in [0, 0.1) is 11.3 Å². The summed E-state index contributed by atoms with van der Waals surface area (Å²) in [4.78, 5) is 36.4. The van der Waals surface area contributed by atoms with Gasteiger partial charge in [-0.1, -0.05) is 19.3 Å². The quantitative estimate of drug-likeness (QED) is 0.682. The van der Waals surface area contributed by atoms with Crippen LogP contribution >= 0.6 is 0 Å². The van der Waals surface area contributed by atoms with Gasteiger partial charge in [0, 0.05) is 17.3 Å². The molecule has 0 spiro atoms. The minimum atomic E-state index is -0.953. The molecule has 1 aromatic carbocycles. The molecule has 0 aliphatic heterocycles. The van der Waals surface area contributed by atoms with Crippen LogP contribution in [-0.2, 0) is 9.59 Å². The van der Waals surface area contributed by atoms with Crippen molar-refractivity contribution in [1.82, 2.24) is 5.32 Å². The van der Waals surface area contributed by atoms with E-state index in [4.69, 9.17) is 0 Å². The van der Waals surface area contributed by atoms with Crippen molar-refractivity contribution in [3.63, 3.8) is 0 Å². The van der Waals surface area contributed by atoms with Gasteiger partial charge in [-0.2, -0.15) is 0 Å². The fourth-order valence-corrected chi connectivity index (χ4v) is 3.94. The van der Waals surface area contributed by atoms with E-state index in [2.05, 4.69) is 10.6 Å². The fourth-order valence-electron chi connectivity index (χ4n) is 3.94. The van der Waals surface area contributed by atoms with Crippen molar-refractivity contribution < 1.29 is 19.5 Å². The average Bonchev–Trinajstić information content (AvgIpc) is 3.46. The van der Waals surface area contributed by atoms with Crippen LogP contribution in [0.15, 0.2) is 24.3 Å². The molecule has 0 aromatic heterocycles. The van der Waals surface area contributed by atoms with Crippen LogP contribution < -0.4 is 10.6 Å². The summed E-state index contributed by atoms with van der Waals surface area (Å²) in [6.45, 7) is 1.77. The highest BCUT2D eigenvalue weighted by Crippen LogP contribution is 2.42. The monoisotopic (exact) mass is 372 g/mol. The third-order valence-corrected chi connectivity index (χ3v) is 5.86. The smallest absolute Gasteiger partial charge is 0.304 e. The molecule has 0 bridgehead atoms. The van der Waals surface area contributed by atoms with Gasteiger partial charge in [0.05, 0.1) is 11.8 Å². The predicted molar refractivity (Wildman–Crippen MR) is 102 cm³/mol. The van der Waals surface area contributed by atoms with Gasteiger partial charge in [0.15, 0.2) is 0 Å². The zero-order valence-corrected chi connectivity index (χ0v) is 15.8. The Bertz CT molecular complexity index is 705. The van der Waals surface area contributed by atoms with Crippen molar-refractivity contribution in [2.75, 3.05) is 5.32 Å². The molecule has 6 heteroatoms. The number of carbonyl (C=O) groups excluding carboxylic acids is 2. The van der Waals surface area contributed by atoms with E-state index in [1.54, 1.807) is 31.2 Å². The topological polar surface area (TPSA) is 95.5 Å². The second kappa shape index (κ2) is 8.11. The number of hydrogen-bond donors (Lipinski definition) is 3. The summed E-state index contributed by atoms with van der Waals surface area (Å²) >= 11 is 0. The molecular formula is C21H28N2O4. The summed E-state index contributed by atoms with van der Waals surface area (Å²) < 4.78 is 0. The van der Waals surface area contributed by atoms with Crippen LogP contribution in [-0.4, -0.2) is 28.9 Å². The lowest BCUT2D eigenvalue weighted by molar-refractivity contribution is -0.145. The number of carboxylic acid groups (broad SMARTS) is 1. The van der Waals surface area contributed by atoms with Gasteiger partial charge in [-0.05, 0) is 62.8 Å². The van der Waals surface area contributed by atoms with Gasteiger partial charge in [0.25, 0.3) is 5.91 Å². The minimum Gasteiger partial charge on any atom is -0.481 e. The Balaban J connectivity index is 1.68. The molecule has 146 valence electrons. The van der Waals surface area contributed by atoms with Crippen LogP contribution in [0.25, 0.3) is 0 Å². The highest BCUT2D eigenvalue weighted by atomic mass is 16.4. The minimum absolute atomic E-state index is 0.0749. The van der Waals surface area contributed by atoms with E-state index in [-0.39, 0.29) is 24.2 Å². The molecule has 3 rings (SSSR count). The van der Waals surface area contributed by atoms with Crippen molar-refractivity contribution in [2.24, 2.45) is 11.3 Å². The molecular weight excluding hydrogens is 344 g/mol. The van der Waals surface area contributed by atoms with E-state index in [1.807, 2.05) is 0 Å². The summed E-state index contributed by atoms with van der Waals surface area (Å²) in [5.41, 5.74) is 0.199. The number of amides is 2. The van der Waals surface area contributed by atoms with Crippen LogP contribution in [0.4, 0.5) is 5.69 Å². The molecule has 2 amide bonds. The molecule has 0 heterocycles. The lowest BCUT2D eigenvalue weighted by Gasteiger charge is -2.37. The molecule has 1 aromatic rings. The maximum Gasteiger partial charge on any atom is 0.304 e. The van der Waals surface area contributed by atoms with Gasteiger partial charge >= 0.3 is 5.97 Å². The number of benzene rings is 1. The van der Waals surface area contributed by atoms with Crippen LogP contribution in [0.5, 0.6) is 0 Å². The second-order valence-electron chi connectivity index (χ2n) is 8.10. The Kier molecular flexibility index (Phi) is 5.82. The van der Waals surface area contributed by atoms with Gasteiger partial charge < -0.3 is 15.7 Å². The molecule has 3 N–H and O–H groups in total. The number of carbonyl (C=O) groups is 3. The molecule has 2 fully saturated rings. The molecule has 2 saturated carbocycles. The lowest BCUT2D eigenvalue weighted by Crippen LogP contribution is -2.42. The number of carboxylic acids is 1. The average molecular weight is 372 g/mol. The number of nitrogens with one attached hydrogen (secondary N) is 2. The van der Waals surface area contributed by atoms with Gasteiger partial charge in [0.1, 0.15) is 0 Å². The van der Waals surface area contributed by atoms with Gasteiger partial charge in [0.2, 0.25) is 5.91 Å². The predicted octanol–water partition coefficient (Wildman–Crippen LogP) is 3.58. The first-order valence-electron chi connectivity index (χ1n) is 9.82. The fraction of sp³-hybridized carbons (Fsp3) is 0.571. The van der Waals surface area contributed by atoms with E-state index in [0.29, 0.717) is 17.3 Å². The summed E-state index contributed by atoms with van der Waals surface area (Å²) in [7, 11) is 0. The van der Waals surface area contributed by atoms with E-state index in [0.717, 1.165) is 44.9 Å². The van der Waals surface area contributed by atoms with E-state index < -0.39 is 11.4 Å². The van der Waals surface area contributed by atoms with Crippen LogP contribution in [0.1, 0.15) is 68.6 Å². The highest BCUT2D eigenvalue weighted by Gasteiger charge is 2.43. The summed E-state index contributed by atoms with van der Waals surface area (Å²) in [5, 5.41) is 15.1. The van der Waals surface area contributed by atoms with Crippen molar-refractivity contribution in [3.05, 3.63) is 29.8 Å². The molecule has 0 radical (unpaired) electrons. The third kappa shape index (κ3) is 4.87. The first-order chi connectivity index (χ1) is 12.9. The van der Waals surface area contributed by atoms with E-state index in [1.165, 1.54) is 0 Å². The molecule has 2 aliphatic carbocycles. The Hall–Kier alpha value is -2.37. The largest absolute Gasteiger partial charge is 0.481 e. The number of hydrogen-bond acceptors (Lipinski definition) is 3. The lowest BCUT2D eigenvalue weighted by atomic mass is 9.67. The highest BCUT2D eigenvalue weighted by molar-refractivity contribution is 5.98. The molecule has 1 atom stereocenters. The van der Waals surface area contributed by atoms with Crippen molar-refractivity contribution in [2.45, 2.75) is 64.3 Å². The van der Waals surface area contributed by atoms with Gasteiger partial charge in [-0.15, -0.1) is 0 Å². The standard InChI is InChI=1S/C21H28N2O4/c1-21(13-18(24)25,15-5-3-2-4-6-15)20(27)23-17-9-7-14(8-10-17)19(26)22-16-11-12-16/h7-10,15-16H,2-6,11-13H2,1H3,(H,22,26)(H,23,27)(H,24,25). The van der Waals surface area contributed by atoms with Crippen molar-refractivity contribution in [1.29, 1.82) is 0 Å². The van der Waals surface area contributed by atoms with E-state index >= 15 is 0 Å². The summed E-state index contributed by atoms with van der Waals surface area (Å²) in [6, 6.07) is 7.05. The van der Waals surface area contributed by atoms with Crippen molar-refractivity contribution in [3.8, 4) is 0 Å². The van der Waals surface area contributed by atoms with E-state index in [9.17, 15) is 19.5 Å². The molecule has 1 unspecified atom stereocenters. The third-order valence-electron chi connectivity index (χ3n) is 5.86. The second-order valence-corrected chi connectivity index (χ2v) is 8.10. The maximum absolute atomic E-state index is 13.0. The zero-order valence-electron chi connectivity index (χ0n) is 15.8. The molecule has 2 aliphatic rings. The van der Waals surface area contributed by atoms with Gasteiger partial charge in [-0.25, -0.2) is 0 Å². The Morgan fingerprint density at radius 2 is 1.67 bits per heavy atom. The molecule has 6 nitrogen and oxygen atoms in total. The SMILES string of the molecule is CC(CC(=O)O)(C(=O)Nc1ccc(C(=O)NC2CC2)cc1)C1CCCCC1. The Labute approximate surface area is 159 Å². The number of anilines is 1. The Morgan fingerprint density at radius 3 is 2.22 bits per heavy atom. The summed E-state index contributed by atoms with van der Waals surface area (Å²) in [6.07, 6.45) is 6.88. The molecule has 27 heavy (non-hydrogen) atoms. The number of aliphatic carboxylic acids is 1. The maximum atomic E-state index is 13.0. The first kappa shape index (κ1) is 19.4. The summed E-state index contributed by atoms with van der Waals surface area (Å²) in [5.74, 6) is -1.24. The molecule has 0 saturated heterocycles. The first-order valence-corrected chi connectivity index (χ1v) is 9.82. The Morgan fingerprint density at radius 1 is 1.04 bits per heavy atom. The normalized spacial score (nSPS) is 19.7. The van der Waals surface area contributed by atoms with Crippen LogP contribution in [0.2, 0.25) is 0 Å². The number of rotatable bonds is 7. The van der Waals surface area contributed by atoms with Gasteiger partial charge in [-0.3, -0.25) is 14.4 Å². The van der Waals surface area contributed by atoms with Crippen molar-refractivity contribution >= 4 is 23.5 Å². The zero-order chi connectivity index (χ0) is 19.4. The van der Waals surface area contributed by atoms with Crippen LogP contribution in [0.3, 0.4) is 0 Å².